The molecule has 2 aromatic carbocycles. The number of benzene rings is 2. The Hall–Kier alpha value is -2.50. The van der Waals surface area contributed by atoms with Crippen molar-refractivity contribution in [2.45, 2.75) is 44.4 Å². The van der Waals surface area contributed by atoms with Crippen LogP contribution in [0, 0.1) is 0 Å². The van der Waals surface area contributed by atoms with Gasteiger partial charge in [-0.15, -0.1) is 0 Å². The molecule has 2 aromatic rings. The number of ether oxygens (including phenoxy) is 1. The Bertz CT molecular complexity index is 829. The van der Waals surface area contributed by atoms with Crippen LogP contribution in [0.4, 0.5) is 13.2 Å². The average Bonchev–Trinajstić information content (AvgIpc) is 2.60. The monoisotopic (exact) mass is 364 g/mol. The van der Waals surface area contributed by atoms with Crippen molar-refractivity contribution in [3.63, 3.8) is 0 Å². The van der Waals surface area contributed by atoms with Gasteiger partial charge in [0.1, 0.15) is 17.1 Å². The molecule has 26 heavy (non-hydrogen) atoms. The Kier molecular flexibility index (Phi) is 4.69. The summed E-state index contributed by atoms with van der Waals surface area (Å²) in [5.74, 6) is -0.366. The second-order valence-corrected chi connectivity index (χ2v) is 6.58. The molecule has 6 heteroatoms. The number of halogens is 3. The Morgan fingerprint density at radius 1 is 1.23 bits per heavy atom. The van der Waals surface area contributed by atoms with Gasteiger partial charge in [-0.1, -0.05) is 25.1 Å². The molecule has 0 saturated heterocycles. The summed E-state index contributed by atoms with van der Waals surface area (Å²) in [6.07, 6.45) is -2.60. The van der Waals surface area contributed by atoms with Crippen molar-refractivity contribution in [1.29, 1.82) is 0 Å². The lowest BCUT2D eigenvalue weighted by Gasteiger charge is -2.38. The van der Waals surface area contributed by atoms with E-state index in [1.54, 1.807) is 0 Å². The Morgan fingerprint density at radius 3 is 2.62 bits per heavy atom. The van der Waals surface area contributed by atoms with Crippen LogP contribution in [0.1, 0.15) is 47.7 Å². The zero-order valence-electron chi connectivity index (χ0n) is 14.3. The van der Waals surface area contributed by atoms with Crippen LogP contribution in [0.5, 0.6) is 11.5 Å². The van der Waals surface area contributed by atoms with E-state index in [0.29, 0.717) is 18.9 Å². The molecular formula is C20H19F3O3. The first-order valence-electron chi connectivity index (χ1n) is 8.44. The van der Waals surface area contributed by atoms with E-state index in [1.165, 1.54) is 0 Å². The van der Waals surface area contributed by atoms with Gasteiger partial charge in [0.15, 0.2) is 5.78 Å². The summed E-state index contributed by atoms with van der Waals surface area (Å²) in [6.45, 7) is 1.91. The summed E-state index contributed by atoms with van der Waals surface area (Å²) in [7, 11) is 0. The molecule has 0 radical (unpaired) electrons. The molecule has 0 aromatic heterocycles. The molecule has 138 valence electrons. The van der Waals surface area contributed by atoms with Gasteiger partial charge in [0, 0.05) is 0 Å². The lowest BCUT2D eigenvalue weighted by Crippen LogP contribution is -2.41. The molecule has 1 N–H and O–H groups in total. The minimum absolute atomic E-state index is 0.00322. The number of carbonyl (C=O) groups excluding carboxylic acids is 1. The molecule has 0 spiro atoms. The summed E-state index contributed by atoms with van der Waals surface area (Å²) in [5, 5.41) is 9.91. The van der Waals surface area contributed by atoms with E-state index in [1.807, 2.05) is 31.2 Å². The number of carbonyl (C=O) groups is 1. The maximum Gasteiger partial charge on any atom is 0.416 e. The highest BCUT2D eigenvalue weighted by Gasteiger charge is 2.38. The van der Waals surface area contributed by atoms with Gasteiger partial charge < -0.3 is 9.84 Å². The highest BCUT2D eigenvalue weighted by molar-refractivity contribution is 5.99. The lowest BCUT2D eigenvalue weighted by molar-refractivity contribution is -0.137. The number of phenols is 1. The molecule has 0 bridgehead atoms. The number of rotatable bonds is 4. The molecule has 1 unspecified atom stereocenters. The van der Waals surface area contributed by atoms with Crippen molar-refractivity contribution in [3.8, 4) is 11.5 Å². The number of hydrogen-bond donors (Lipinski definition) is 1. The Morgan fingerprint density at radius 2 is 1.96 bits per heavy atom. The van der Waals surface area contributed by atoms with Gasteiger partial charge in [-0.2, -0.15) is 13.2 Å². The fraction of sp³-hybridized carbons (Fsp3) is 0.350. The van der Waals surface area contributed by atoms with E-state index in [-0.39, 0.29) is 12.0 Å². The number of ketones is 1. The van der Waals surface area contributed by atoms with Gasteiger partial charge in [-0.25, -0.2) is 0 Å². The molecule has 1 atom stereocenters. The highest BCUT2D eigenvalue weighted by Crippen LogP contribution is 2.39. The predicted octanol–water partition coefficient (Wildman–Crippen LogP) is 5.16. The predicted molar refractivity (Wildman–Crippen MR) is 90.5 cm³/mol. The van der Waals surface area contributed by atoms with Gasteiger partial charge in [0.05, 0.1) is 17.5 Å². The number of fused-ring (bicyclic) bond motifs is 1. The molecule has 0 amide bonds. The number of hydrogen-bond acceptors (Lipinski definition) is 3. The zero-order chi connectivity index (χ0) is 18.9. The zero-order valence-corrected chi connectivity index (χ0v) is 14.3. The van der Waals surface area contributed by atoms with Crippen molar-refractivity contribution >= 4 is 5.78 Å². The average molecular weight is 364 g/mol. The number of aromatic hydroxyl groups is 1. The summed E-state index contributed by atoms with van der Waals surface area (Å²) in [5.41, 5.74) is -0.755. The highest BCUT2D eigenvalue weighted by atomic mass is 19.4. The lowest BCUT2D eigenvalue weighted by atomic mass is 9.83. The first kappa shape index (κ1) is 18.3. The number of phenolic OH excluding ortho intramolecular Hbond substituents is 1. The SMILES string of the molecule is CCC1(CC(=O)c2ccc(C(F)(F)F)cc2O)CCc2ccccc2O1. The molecular weight excluding hydrogens is 345 g/mol. The van der Waals surface area contributed by atoms with Crippen LogP contribution < -0.4 is 4.74 Å². The fourth-order valence-electron chi connectivity index (χ4n) is 3.29. The number of Topliss-reactive ketones (excluding diaryl/α,β-unsaturated/α-hetero) is 1. The molecule has 1 aliphatic heterocycles. The molecule has 0 saturated carbocycles. The van der Waals surface area contributed by atoms with Crippen LogP contribution in [0.25, 0.3) is 0 Å². The van der Waals surface area contributed by atoms with Crippen molar-refractivity contribution < 1.29 is 27.8 Å². The van der Waals surface area contributed by atoms with Crippen molar-refractivity contribution in [3.05, 3.63) is 59.2 Å². The summed E-state index contributed by atoms with van der Waals surface area (Å²) >= 11 is 0. The van der Waals surface area contributed by atoms with Crippen LogP contribution in [-0.2, 0) is 12.6 Å². The van der Waals surface area contributed by atoms with E-state index in [4.69, 9.17) is 4.74 Å². The summed E-state index contributed by atoms with van der Waals surface area (Å²) < 4.78 is 44.2. The van der Waals surface area contributed by atoms with E-state index >= 15 is 0 Å². The third kappa shape index (κ3) is 3.54. The van der Waals surface area contributed by atoms with E-state index < -0.39 is 28.9 Å². The molecule has 0 aliphatic carbocycles. The largest absolute Gasteiger partial charge is 0.507 e. The Labute approximate surface area is 149 Å². The second kappa shape index (κ2) is 6.67. The smallest absolute Gasteiger partial charge is 0.416 e. The van der Waals surface area contributed by atoms with Gasteiger partial charge in [0.2, 0.25) is 0 Å². The van der Waals surface area contributed by atoms with Crippen molar-refractivity contribution in [2.24, 2.45) is 0 Å². The first-order valence-corrected chi connectivity index (χ1v) is 8.44. The van der Waals surface area contributed by atoms with Crippen molar-refractivity contribution in [1.82, 2.24) is 0 Å². The number of aryl methyl sites for hydroxylation is 1. The third-order valence-corrected chi connectivity index (χ3v) is 4.90. The van der Waals surface area contributed by atoms with E-state index in [2.05, 4.69) is 0 Å². The van der Waals surface area contributed by atoms with Gasteiger partial charge >= 0.3 is 6.18 Å². The molecule has 3 rings (SSSR count). The third-order valence-electron chi connectivity index (χ3n) is 4.90. The van der Waals surface area contributed by atoms with E-state index in [0.717, 1.165) is 29.9 Å². The van der Waals surface area contributed by atoms with Gasteiger partial charge in [-0.3, -0.25) is 4.79 Å². The van der Waals surface area contributed by atoms with E-state index in [9.17, 15) is 23.1 Å². The Balaban J connectivity index is 1.83. The summed E-state index contributed by atoms with van der Waals surface area (Å²) in [6, 6.07) is 10.0. The molecule has 1 aliphatic rings. The van der Waals surface area contributed by atoms with Crippen LogP contribution in [-0.4, -0.2) is 16.5 Å². The van der Waals surface area contributed by atoms with Crippen LogP contribution >= 0.6 is 0 Å². The molecule has 0 fully saturated rings. The first-order chi connectivity index (χ1) is 12.2. The minimum Gasteiger partial charge on any atom is -0.507 e. The quantitative estimate of drug-likeness (QED) is 0.763. The minimum atomic E-state index is -4.57. The standard InChI is InChI=1S/C20H19F3O3/c1-2-19(10-9-13-5-3-4-6-18(13)26-19)12-17(25)15-8-7-14(11-16(15)24)20(21,22)23/h3-8,11,24H,2,9-10,12H2,1H3. The maximum atomic E-state index is 12.7. The topological polar surface area (TPSA) is 46.5 Å². The van der Waals surface area contributed by atoms with Gasteiger partial charge in [-0.05, 0) is 49.1 Å². The molecule has 3 nitrogen and oxygen atoms in total. The maximum absolute atomic E-state index is 12.7. The van der Waals surface area contributed by atoms with Crippen molar-refractivity contribution in [2.75, 3.05) is 0 Å². The number of alkyl halides is 3. The van der Waals surface area contributed by atoms with Crippen LogP contribution in [0.3, 0.4) is 0 Å². The van der Waals surface area contributed by atoms with Crippen LogP contribution in [0.2, 0.25) is 0 Å². The summed E-state index contributed by atoms with van der Waals surface area (Å²) in [4.78, 5) is 12.6. The molecule has 1 heterocycles. The second-order valence-electron chi connectivity index (χ2n) is 6.58. The normalized spacial score (nSPS) is 19.5. The van der Waals surface area contributed by atoms with Gasteiger partial charge in [0.25, 0.3) is 0 Å². The fourth-order valence-corrected chi connectivity index (χ4v) is 3.29. The van der Waals surface area contributed by atoms with Crippen LogP contribution in [0.15, 0.2) is 42.5 Å². The number of para-hydroxylation sites is 1.